The molecule has 14 heteroatoms. The Labute approximate surface area is 227 Å². The van der Waals surface area contributed by atoms with Gasteiger partial charge in [0.25, 0.3) is 5.56 Å². The third-order valence-electron chi connectivity index (χ3n) is 6.23. The van der Waals surface area contributed by atoms with Crippen LogP contribution in [0.4, 0.5) is 4.39 Å². The number of carbonyl (C=O) groups is 3. The van der Waals surface area contributed by atoms with E-state index in [4.69, 9.17) is 5.11 Å². The van der Waals surface area contributed by atoms with E-state index >= 15 is 0 Å². The van der Waals surface area contributed by atoms with Gasteiger partial charge in [-0.05, 0) is 37.7 Å². The minimum Gasteiger partial charge on any atom is -0.494 e. The van der Waals surface area contributed by atoms with Gasteiger partial charge in [-0.15, -0.1) is 5.10 Å². The molecular weight excluding hydrogens is 529 g/mol. The normalized spacial score (nSPS) is 11.8. The molecule has 3 N–H and O–H groups in total. The van der Waals surface area contributed by atoms with Gasteiger partial charge >= 0.3 is 17.6 Å². The van der Waals surface area contributed by atoms with Gasteiger partial charge in [0.2, 0.25) is 5.88 Å². The van der Waals surface area contributed by atoms with Crippen molar-refractivity contribution in [2.75, 3.05) is 6.67 Å². The molecule has 0 radical (unpaired) electrons. The number of aromatic hydroxyl groups is 1. The van der Waals surface area contributed by atoms with Gasteiger partial charge in [-0.25, -0.2) is 14.2 Å². The lowest BCUT2D eigenvalue weighted by Crippen LogP contribution is -2.46. The summed E-state index contributed by atoms with van der Waals surface area (Å²) in [7, 11) is 0. The first-order valence-corrected chi connectivity index (χ1v) is 12.7. The maximum Gasteiger partial charge on any atom is 0.334 e. The molecule has 2 heterocycles. The molecule has 1 atom stereocenters. The van der Waals surface area contributed by atoms with Crippen LogP contribution in [0.3, 0.4) is 0 Å². The lowest BCUT2D eigenvalue weighted by Gasteiger charge is -2.19. The van der Waals surface area contributed by atoms with Gasteiger partial charge < -0.3 is 15.3 Å². The number of aryl methyl sites for hydroxylation is 2. The van der Waals surface area contributed by atoms with Gasteiger partial charge in [0.15, 0.2) is 5.78 Å². The zero-order valence-corrected chi connectivity index (χ0v) is 21.6. The number of ketones is 1. The largest absolute Gasteiger partial charge is 0.494 e. The minimum atomic E-state index is -1.87. The fourth-order valence-electron chi connectivity index (χ4n) is 4.20. The first-order valence-electron chi connectivity index (χ1n) is 12.7. The van der Waals surface area contributed by atoms with Crippen molar-refractivity contribution in [2.24, 2.45) is 0 Å². The average Bonchev–Trinajstić information content (AvgIpc) is 3.37. The molecule has 1 aromatic carbocycles. The Kier molecular flexibility index (Phi) is 10.4. The fraction of sp³-hybridized carbons (Fsp3) is 0.423. The number of hydrogen-bond donors (Lipinski definition) is 3. The molecule has 1 unspecified atom stereocenters. The molecular formula is C26H30FN5O8. The number of Topliss-reactive ketones (excluding diaryl/α,β-unsaturated/α-hetero) is 1. The number of alkyl halides is 1. The Morgan fingerprint density at radius 1 is 1.00 bits per heavy atom. The van der Waals surface area contributed by atoms with E-state index in [1.807, 2.05) is 0 Å². The molecule has 0 amide bonds. The molecule has 3 aromatic rings. The van der Waals surface area contributed by atoms with Crippen molar-refractivity contribution in [1.82, 2.24) is 24.1 Å². The monoisotopic (exact) mass is 559 g/mol. The average molecular weight is 560 g/mol. The van der Waals surface area contributed by atoms with E-state index in [1.54, 1.807) is 41.2 Å². The molecule has 40 heavy (non-hydrogen) atoms. The van der Waals surface area contributed by atoms with Gasteiger partial charge in [-0.3, -0.25) is 28.0 Å². The summed E-state index contributed by atoms with van der Waals surface area (Å²) >= 11 is 0. The van der Waals surface area contributed by atoms with Gasteiger partial charge in [-0.1, -0.05) is 35.5 Å². The molecule has 0 bridgehead atoms. The van der Waals surface area contributed by atoms with Crippen molar-refractivity contribution in [1.29, 1.82) is 0 Å². The predicted molar refractivity (Wildman–Crippen MR) is 138 cm³/mol. The van der Waals surface area contributed by atoms with Gasteiger partial charge in [0.05, 0.1) is 18.9 Å². The molecule has 2 aromatic heterocycles. The standard InChI is InChI=1S/C26H30FN5O8/c27-13-6-9-18-16-30(29-28-18)14-5-4-10-20(33)22-23(36)31(15-17-7-2-1-3-8-17)26(40)32(24(22)37)19(25(38)39)11-12-21(34)35/h1-3,7-8,16,19,36H,4-6,9-15H2,(H,34,35)(H,38,39). The van der Waals surface area contributed by atoms with E-state index in [9.17, 15) is 38.6 Å². The van der Waals surface area contributed by atoms with Crippen LogP contribution >= 0.6 is 0 Å². The number of carboxylic acid groups (broad SMARTS) is 2. The second-order valence-electron chi connectivity index (χ2n) is 9.16. The molecule has 0 aliphatic heterocycles. The number of carbonyl (C=O) groups excluding carboxylic acids is 1. The SMILES string of the molecule is O=C(O)CCC(C(=O)O)n1c(=O)c(C(=O)CCCCn2cc(CCCF)nn2)c(O)n(Cc2ccccc2)c1=O. The van der Waals surface area contributed by atoms with E-state index in [0.717, 1.165) is 4.57 Å². The van der Waals surface area contributed by atoms with Crippen LogP contribution in [0.2, 0.25) is 0 Å². The molecule has 0 saturated heterocycles. The van der Waals surface area contributed by atoms with Crippen molar-refractivity contribution in [2.45, 2.75) is 64.1 Å². The topological polar surface area (TPSA) is 187 Å². The highest BCUT2D eigenvalue weighted by Crippen LogP contribution is 2.19. The first-order chi connectivity index (χ1) is 19.1. The summed E-state index contributed by atoms with van der Waals surface area (Å²) < 4.78 is 14.9. The molecule has 0 aliphatic carbocycles. The fourth-order valence-corrected chi connectivity index (χ4v) is 4.20. The first kappa shape index (κ1) is 29.9. The number of halogens is 1. The highest BCUT2D eigenvalue weighted by atomic mass is 19.1. The van der Waals surface area contributed by atoms with E-state index in [-0.39, 0.29) is 19.4 Å². The summed E-state index contributed by atoms with van der Waals surface area (Å²) in [6.07, 6.45) is 1.71. The van der Waals surface area contributed by atoms with Crippen LogP contribution in [-0.2, 0) is 29.1 Å². The van der Waals surface area contributed by atoms with Crippen molar-refractivity contribution < 1.29 is 34.1 Å². The second kappa shape index (κ2) is 14.0. The predicted octanol–water partition coefficient (Wildman–Crippen LogP) is 1.80. The molecule has 0 aliphatic rings. The summed E-state index contributed by atoms with van der Waals surface area (Å²) in [5.74, 6) is -4.66. The molecule has 214 valence electrons. The summed E-state index contributed by atoms with van der Waals surface area (Å²) in [4.78, 5) is 62.8. The number of aliphatic carboxylic acids is 2. The number of carboxylic acids is 2. The molecule has 3 rings (SSSR count). The number of rotatable bonds is 16. The van der Waals surface area contributed by atoms with Crippen molar-refractivity contribution in [3.05, 3.63) is 74.2 Å². The third-order valence-corrected chi connectivity index (χ3v) is 6.23. The number of aromatic nitrogens is 5. The van der Waals surface area contributed by atoms with E-state index in [0.29, 0.717) is 41.6 Å². The van der Waals surface area contributed by atoms with Crippen LogP contribution in [0.25, 0.3) is 0 Å². The van der Waals surface area contributed by atoms with E-state index in [2.05, 4.69) is 10.3 Å². The maximum atomic E-state index is 13.3. The number of hydrogen-bond acceptors (Lipinski definition) is 8. The Balaban J connectivity index is 1.90. The van der Waals surface area contributed by atoms with Crippen LogP contribution in [0.1, 0.15) is 66.2 Å². The number of nitrogens with zero attached hydrogens (tertiary/aromatic N) is 5. The van der Waals surface area contributed by atoms with Crippen molar-refractivity contribution in [3.63, 3.8) is 0 Å². The Morgan fingerprint density at radius 3 is 2.38 bits per heavy atom. The lowest BCUT2D eigenvalue weighted by molar-refractivity contribution is -0.142. The summed E-state index contributed by atoms with van der Waals surface area (Å²) in [5.41, 5.74) is -2.07. The lowest BCUT2D eigenvalue weighted by atomic mass is 10.1. The van der Waals surface area contributed by atoms with Crippen LogP contribution in [0.15, 0.2) is 46.1 Å². The summed E-state index contributed by atoms with van der Waals surface area (Å²) in [6.45, 7) is -0.348. The van der Waals surface area contributed by atoms with Crippen LogP contribution < -0.4 is 11.2 Å². The smallest absolute Gasteiger partial charge is 0.334 e. The Bertz CT molecular complexity index is 1460. The summed E-state index contributed by atoms with van der Waals surface area (Å²) in [5, 5.41) is 37.5. The maximum absolute atomic E-state index is 13.3. The van der Waals surface area contributed by atoms with Crippen LogP contribution in [0, 0.1) is 0 Å². The van der Waals surface area contributed by atoms with Gasteiger partial charge in [0, 0.05) is 25.6 Å². The molecule has 0 saturated carbocycles. The minimum absolute atomic E-state index is 0.206. The molecule has 13 nitrogen and oxygen atoms in total. The van der Waals surface area contributed by atoms with E-state index in [1.165, 1.54) is 0 Å². The van der Waals surface area contributed by atoms with Crippen LogP contribution in [-0.4, -0.2) is 63.8 Å². The number of unbranched alkanes of at least 4 members (excludes halogenated alkanes) is 1. The zero-order valence-electron chi connectivity index (χ0n) is 21.6. The van der Waals surface area contributed by atoms with Gasteiger partial charge in [-0.2, -0.15) is 0 Å². The third kappa shape index (κ3) is 7.48. The zero-order chi connectivity index (χ0) is 29.2. The second-order valence-corrected chi connectivity index (χ2v) is 9.16. The van der Waals surface area contributed by atoms with Crippen LogP contribution in [0.5, 0.6) is 5.88 Å². The summed E-state index contributed by atoms with van der Waals surface area (Å²) in [6, 6.07) is 6.46. The Hall–Kier alpha value is -4.62. The Morgan fingerprint density at radius 2 is 1.73 bits per heavy atom. The van der Waals surface area contributed by atoms with Crippen molar-refractivity contribution >= 4 is 17.7 Å². The van der Waals surface area contributed by atoms with E-state index < -0.39 is 66.0 Å². The molecule has 0 fully saturated rings. The quantitative estimate of drug-likeness (QED) is 0.173. The molecule has 0 spiro atoms. The number of benzene rings is 1. The highest BCUT2D eigenvalue weighted by molar-refractivity contribution is 5.97. The van der Waals surface area contributed by atoms with Gasteiger partial charge in [0.1, 0.15) is 11.6 Å². The van der Waals surface area contributed by atoms with Crippen molar-refractivity contribution in [3.8, 4) is 5.88 Å². The highest BCUT2D eigenvalue weighted by Gasteiger charge is 2.31.